The van der Waals surface area contributed by atoms with Gasteiger partial charge in [-0.25, -0.2) is 0 Å². The topological polar surface area (TPSA) is 17.1 Å². The molecule has 1 nitrogen and oxygen atoms in total. The van der Waals surface area contributed by atoms with Crippen molar-refractivity contribution in [3.8, 4) is 0 Å². The lowest BCUT2D eigenvalue weighted by molar-refractivity contribution is -0.125. The highest BCUT2D eigenvalue weighted by Gasteiger charge is 2.47. The van der Waals surface area contributed by atoms with Crippen LogP contribution >= 0.6 is 0 Å². The molecular weight excluding hydrogens is 112 g/mol. The maximum atomic E-state index is 11.2. The average molecular weight is 124 g/mol. The first-order valence-corrected chi connectivity index (χ1v) is 3.83. The second-order valence-corrected chi connectivity index (χ2v) is 3.48. The minimum Gasteiger partial charge on any atom is -0.299 e. The molecule has 0 radical (unpaired) electrons. The molecule has 0 N–H and O–H groups in total. The van der Waals surface area contributed by atoms with Gasteiger partial charge in [-0.1, -0.05) is 6.92 Å². The SMILES string of the molecule is CC1CCC2CC2C1=O. The Morgan fingerprint density at radius 1 is 1.44 bits per heavy atom. The summed E-state index contributed by atoms with van der Waals surface area (Å²) < 4.78 is 0. The first-order valence-electron chi connectivity index (χ1n) is 3.83. The lowest BCUT2D eigenvalue weighted by Gasteiger charge is -2.14. The normalized spacial score (nSPS) is 48.6. The van der Waals surface area contributed by atoms with Crippen LogP contribution in [0.3, 0.4) is 0 Å². The van der Waals surface area contributed by atoms with Crippen LogP contribution in [-0.4, -0.2) is 5.78 Å². The van der Waals surface area contributed by atoms with Gasteiger partial charge in [0.05, 0.1) is 0 Å². The van der Waals surface area contributed by atoms with Crippen molar-refractivity contribution in [1.29, 1.82) is 0 Å². The molecular formula is C8H12O. The maximum absolute atomic E-state index is 11.2. The van der Waals surface area contributed by atoms with Gasteiger partial charge >= 0.3 is 0 Å². The molecule has 2 aliphatic carbocycles. The third-order valence-electron chi connectivity index (χ3n) is 2.74. The lowest BCUT2D eigenvalue weighted by Crippen LogP contribution is -2.18. The van der Waals surface area contributed by atoms with E-state index in [0.717, 1.165) is 12.3 Å². The molecule has 3 atom stereocenters. The summed E-state index contributed by atoms with van der Waals surface area (Å²) in [6.45, 7) is 2.07. The van der Waals surface area contributed by atoms with Gasteiger partial charge in [0.25, 0.3) is 0 Å². The zero-order chi connectivity index (χ0) is 6.43. The second-order valence-electron chi connectivity index (χ2n) is 3.48. The quantitative estimate of drug-likeness (QED) is 0.479. The van der Waals surface area contributed by atoms with Crippen LogP contribution in [0.5, 0.6) is 0 Å². The number of fused-ring (bicyclic) bond motifs is 1. The Morgan fingerprint density at radius 3 is 2.89 bits per heavy atom. The smallest absolute Gasteiger partial charge is 0.139 e. The molecule has 2 saturated carbocycles. The van der Waals surface area contributed by atoms with E-state index in [1.54, 1.807) is 0 Å². The molecule has 2 rings (SSSR count). The Labute approximate surface area is 55.4 Å². The molecule has 50 valence electrons. The second kappa shape index (κ2) is 1.59. The number of carbonyl (C=O) groups excluding carboxylic acids is 1. The van der Waals surface area contributed by atoms with Crippen molar-refractivity contribution in [2.24, 2.45) is 17.8 Å². The van der Waals surface area contributed by atoms with Crippen molar-refractivity contribution >= 4 is 5.78 Å². The third-order valence-corrected chi connectivity index (χ3v) is 2.74. The number of hydrogen-bond donors (Lipinski definition) is 0. The predicted molar refractivity (Wildman–Crippen MR) is 35.0 cm³/mol. The van der Waals surface area contributed by atoms with E-state index in [1.807, 2.05) is 0 Å². The van der Waals surface area contributed by atoms with E-state index in [4.69, 9.17) is 0 Å². The molecule has 0 aliphatic heterocycles. The van der Waals surface area contributed by atoms with Gasteiger partial charge in [0, 0.05) is 11.8 Å². The standard InChI is InChI=1S/C8H12O/c1-5-2-3-6-4-7(6)8(5)9/h5-7H,2-4H2,1H3. The minimum atomic E-state index is 0.383. The van der Waals surface area contributed by atoms with Crippen molar-refractivity contribution in [3.63, 3.8) is 0 Å². The average Bonchev–Trinajstić information content (AvgIpc) is 2.58. The Kier molecular flexibility index (Phi) is 0.961. The summed E-state index contributed by atoms with van der Waals surface area (Å²) in [6, 6.07) is 0. The van der Waals surface area contributed by atoms with E-state index >= 15 is 0 Å². The van der Waals surface area contributed by atoms with E-state index in [-0.39, 0.29) is 0 Å². The van der Waals surface area contributed by atoms with Crippen LogP contribution < -0.4 is 0 Å². The summed E-state index contributed by atoms with van der Waals surface area (Å²) in [6.07, 6.45) is 3.68. The molecule has 0 aromatic rings. The van der Waals surface area contributed by atoms with Gasteiger partial charge in [-0.3, -0.25) is 4.79 Å². The molecule has 0 spiro atoms. The summed E-state index contributed by atoms with van der Waals surface area (Å²) in [5, 5.41) is 0. The number of Topliss-reactive ketones (excluding diaryl/α,β-unsaturated/α-hetero) is 1. The summed E-state index contributed by atoms with van der Waals surface area (Å²) >= 11 is 0. The Balaban J connectivity index is 2.10. The van der Waals surface area contributed by atoms with Crippen LogP contribution in [0.15, 0.2) is 0 Å². The van der Waals surface area contributed by atoms with E-state index < -0.39 is 0 Å². The molecule has 0 saturated heterocycles. The summed E-state index contributed by atoms with van der Waals surface area (Å²) in [5.41, 5.74) is 0. The van der Waals surface area contributed by atoms with E-state index in [1.165, 1.54) is 12.8 Å². The van der Waals surface area contributed by atoms with Gasteiger partial charge in [0.2, 0.25) is 0 Å². The molecule has 0 bridgehead atoms. The monoisotopic (exact) mass is 124 g/mol. The summed E-state index contributed by atoms with van der Waals surface area (Å²) in [4.78, 5) is 11.2. The first-order chi connectivity index (χ1) is 4.29. The first kappa shape index (κ1) is 5.45. The van der Waals surface area contributed by atoms with Crippen LogP contribution in [0.1, 0.15) is 26.2 Å². The highest BCUT2D eigenvalue weighted by atomic mass is 16.1. The predicted octanol–water partition coefficient (Wildman–Crippen LogP) is 1.62. The van der Waals surface area contributed by atoms with Gasteiger partial charge in [0.15, 0.2) is 0 Å². The Morgan fingerprint density at radius 2 is 2.22 bits per heavy atom. The van der Waals surface area contributed by atoms with Gasteiger partial charge in [-0.05, 0) is 25.2 Å². The van der Waals surface area contributed by atoms with Gasteiger partial charge in [0.1, 0.15) is 5.78 Å². The van der Waals surface area contributed by atoms with E-state index in [9.17, 15) is 4.79 Å². The van der Waals surface area contributed by atoms with Crippen LogP contribution in [0.25, 0.3) is 0 Å². The summed E-state index contributed by atoms with van der Waals surface area (Å²) in [7, 11) is 0. The van der Waals surface area contributed by atoms with Crippen molar-refractivity contribution in [2.45, 2.75) is 26.2 Å². The zero-order valence-corrected chi connectivity index (χ0v) is 5.76. The lowest BCUT2D eigenvalue weighted by atomic mass is 9.90. The van der Waals surface area contributed by atoms with Crippen molar-refractivity contribution in [3.05, 3.63) is 0 Å². The van der Waals surface area contributed by atoms with Crippen LogP contribution in [0, 0.1) is 17.8 Å². The highest BCUT2D eigenvalue weighted by Crippen LogP contribution is 2.48. The van der Waals surface area contributed by atoms with E-state index in [0.29, 0.717) is 17.6 Å². The molecule has 2 fully saturated rings. The Hall–Kier alpha value is -0.330. The van der Waals surface area contributed by atoms with E-state index in [2.05, 4.69) is 6.92 Å². The fourth-order valence-corrected chi connectivity index (χ4v) is 1.89. The number of ketones is 1. The summed E-state index contributed by atoms with van der Waals surface area (Å²) in [5.74, 6) is 2.25. The third kappa shape index (κ3) is 0.707. The van der Waals surface area contributed by atoms with Crippen LogP contribution in [0.2, 0.25) is 0 Å². The van der Waals surface area contributed by atoms with Crippen molar-refractivity contribution in [1.82, 2.24) is 0 Å². The molecule has 3 unspecified atom stereocenters. The number of carbonyl (C=O) groups is 1. The fraction of sp³-hybridized carbons (Fsp3) is 0.875. The van der Waals surface area contributed by atoms with Crippen molar-refractivity contribution in [2.75, 3.05) is 0 Å². The largest absolute Gasteiger partial charge is 0.299 e. The molecule has 1 heteroatoms. The highest BCUT2D eigenvalue weighted by molar-refractivity contribution is 5.86. The molecule has 0 amide bonds. The number of hydrogen-bond acceptors (Lipinski definition) is 1. The van der Waals surface area contributed by atoms with Crippen LogP contribution in [0.4, 0.5) is 0 Å². The Bertz CT molecular complexity index is 147. The zero-order valence-electron chi connectivity index (χ0n) is 5.76. The molecule has 0 heterocycles. The maximum Gasteiger partial charge on any atom is 0.139 e. The van der Waals surface area contributed by atoms with Gasteiger partial charge in [-0.15, -0.1) is 0 Å². The fourth-order valence-electron chi connectivity index (χ4n) is 1.89. The van der Waals surface area contributed by atoms with Gasteiger partial charge in [-0.2, -0.15) is 0 Å². The van der Waals surface area contributed by atoms with Crippen molar-refractivity contribution < 1.29 is 4.79 Å². The molecule has 2 aliphatic rings. The molecule has 0 aromatic heterocycles. The minimum absolute atomic E-state index is 0.383. The van der Waals surface area contributed by atoms with Crippen LogP contribution in [-0.2, 0) is 4.79 Å². The van der Waals surface area contributed by atoms with Gasteiger partial charge < -0.3 is 0 Å². The molecule has 0 aromatic carbocycles. The number of rotatable bonds is 0. The molecule has 9 heavy (non-hydrogen) atoms.